The molecule has 0 radical (unpaired) electrons. The van der Waals surface area contributed by atoms with Gasteiger partial charge in [0.1, 0.15) is 0 Å². The van der Waals surface area contributed by atoms with Crippen molar-refractivity contribution in [1.29, 1.82) is 0 Å². The van der Waals surface area contributed by atoms with Crippen LogP contribution in [0.15, 0.2) is 0 Å². The molecule has 0 aromatic carbocycles. The molecule has 14 heteroatoms. The molecule has 0 aromatic heterocycles. The zero-order valence-electron chi connectivity index (χ0n) is 6.78. The molecule has 9 nitrogen and oxygen atoms in total. The van der Waals surface area contributed by atoms with E-state index in [1.165, 1.54) is 0 Å². The normalized spacial score (nSPS) is 8.43. The van der Waals surface area contributed by atoms with Gasteiger partial charge in [-0.25, -0.2) is 0 Å². The molecule has 0 spiro atoms. The van der Waals surface area contributed by atoms with Crippen LogP contribution in [0.4, 0.5) is 0 Å². The van der Waals surface area contributed by atoms with E-state index in [0.717, 1.165) is 0 Å². The summed E-state index contributed by atoms with van der Waals surface area (Å²) in [5, 5.41) is 0. The van der Waals surface area contributed by atoms with Crippen LogP contribution in [-0.4, -0.2) is 152 Å². The van der Waals surface area contributed by atoms with Gasteiger partial charge in [-0.15, -0.1) is 0 Å². The smallest absolute Gasteiger partial charge is 0.822 e. The van der Waals surface area contributed by atoms with Crippen molar-refractivity contribution in [2.45, 2.75) is 0 Å². The molecule has 0 amide bonds. The molecule has 72 valence electrons. The predicted octanol–water partition coefficient (Wildman–Crippen LogP) is -7.62. The first-order valence-electron chi connectivity index (χ1n) is 1.46. The van der Waals surface area contributed by atoms with Crippen molar-refractivity contribution in [3.05, 3.63) is 0 Å². The van der Waals surface area contributed by atoms with Gasteiger partial charge in [-0.05, 0) is 0 Å². The van der Waals surface area contributed by atoms with Crippen molar-refractivity contribution in [2.75, 3.05) is 0 Å². The molecule has 0 unspecified atom stereocenters. The molecule has 0 fully saturated rings. The fourth-order valence-electron chi connectivity index (χ4n) is 0. The maximum Gasteiger partial charge on any atom is 2.00 e. The third-order valence-corrected chi connectivity index (χ3v) is 0. The average molecular weight is 620 g/mol. The van der Waals surface area contributed by atoms with Crippen LogP contribution >= 0.6 is 15.6 Å². The molecule has 2 N–H and O–H groups in total. The van der Waals surface area contributed by atoms with Crippen molar-refractivity contribution in [3.63, 3.8) is 0 Å². The third-order valence-electron chi connectivity index (χ3n) is 0. The van der Waals surface area contributed by atoms with Crippen molar-refractivity contribution in [2.24, 2.45) is 0 Å². The van der Waals surface area contributed by atoms with E-state index in [1.54, 1.807) is 0 Å². The minimum absolute atomic E-state index is 0. The van der Waals surface area contributed by atoms with E-state index in [2.05, 4.69) is 0 Å². The van der Waals surface area contributed by atoms with E-state index in [-0.39, 0.29) is 152 Å². The number of hydrogen-bond donors (Lipinski definition) is 0. The van der Waals surface area contributed by atoms with Gasteiger partial charge in [-0.1, -0.05) is 0 Å². The van der Waals surface area contributed by atoms with Crippen molar-refractivity contribution >= 4 is 162 Å². The second kappa shape index (κ2) is 17.9. The molecular formula is H2Ba3O9P2. The first kappa shape index (κ1) is 36.4. The Morgan fingerprint density at radius 1 is 0.571 bits per heavy atom. The van der Waals surface area contributed by atoms with E-state index in [4.69, 9.17) is 38.5 Å². The van der Waals surface area contributed by atoms with Crippen molar-refractivity contribution in [3.8, 4) is 0 Å². The Morgan fingerprint density at radius 2 is 0.571 bits per heavy atom. The van der Waals surface area contributed by atoms with Gasteiger partial charge in [-0.3, -0.25) is 0 Å². The van der Waals surface area contributed by atoms with Gasteiger partial charge in [0, 0.05) is 0 Å². The van der Waals surface area contributed by atoms with Crippen molar-refractivity contribution < 1.29 is 44.0 Å². The summed E-state index contributed by atoms with van der Waals surface area (Å²) in [6.45, 7) is 0. The zero-order chi connectivity index (χ0) is 9.00. The van der Waals surface area contributed by atoms with Crippen LogP contribution in [0.2, 0.25) is 0 Å². The monoisotopic (exact) mass is 622 g/mol. The molecule has 0 aliphatic carbocycles. The van der Waals surface area contributed by atoms with Gasteiger partial charge in [0.2, 0.25) is 0 Å². The minimum atomic E-state index is -5.39. The summed E-state index contributed by atoms with van der Waals surface area (Å²) >= 11 is 0. The summed E-state index contributed by atoms with van der Waals surface area (Å²) < 4.78 is 17.1. The van der Waals surface area contributed by atoms with Crippen LogP contribution in [0.5, 0.6) is 0 Å². The molecule has 0 rings (SSSR count). The van der Waals surface area contributed by atoms with Crippen LogP contribution < -0.4 is 29.4 Å². The number of phosphoric acid groups is 2. The largest absolute Gasteiger partial charge is 2.00 e. The molecule has 0 bridgehead atoms. The molecule has 0 atom stereocenters. The molecule has 0 aromatic rings. The van der Waals surface area contributed by atoms with Gasteiger partial charge in [0.15, 0.2) is 0 Å². The van der Waals surface area contributed by atoms with Crippen molar-refractivity contribution in [1.82, 2.24) is 0 Å². The van der Waals surface area contributed by atoms with Gasteiger partial charge in [0.25, 0.3) is 0 Å². The van der Waals surface area contributed by atoms with Crippen LogP contribution in [0, 0.1) is 0 Å². The summed E-state index contributed by atoms with van der Waals surface area (Å²) in [6, 6.07) is 0. The van der Waals surface area contributed by atoms with E-state index in [0.29, 0.717) is 0 Å². The standard InChI is InChI=1S/3Ba.2H3O4P.H2O/c;;;2*1-5(2,3)4;/h;;;2*(H3,1,2,3,4);1H2/q3*+2;;;/p-6. The van der Waals surface area contributed by atoms with Crippen LogP contribution in [-0.2, 0) is 9.13 Å². The van der Waals surface area contributed by atoms with Crippen LogP contribution in [0.1, 0.15) is 0 Å². The van der Waals surface area contributed by atoms with E-state index in [1.807, 2.05) is 0 Å². The Morgan fingerprint density at radius 3 is 0.571 bits per heavy atom. The molecule has 0 heterocycles. The maximum absolute atomic E-state index is 8.55. The second-order valence-electron chi connectivity index (χ2n) is 0.894. The fourth-order valence-corrected chi connectivity index (χ4v) is 0. The van der Waals surface area contributed by atoms with Crippen LogP contribution in [0.3, 0.4) is 0 Å². The Balaban J connectivity index is -0.0000000178. The first-order chi connectivity index (χ1) is 4.00. The van der Waals surface area contributed by atoms with E-state index < -0.39 is 15.6 Å². The van der Waals surface area contributed by atoms with Crippen LogP contribution in [0.25, 0.3) is 0 Å². The van der Waals surface area contributed by atoms with Gasteiger partial charge in [0.05, 0.1) is 0 Å². The van der Waals surface area contributed by atoms with E-state index in [9.17, 15) is 0 Å². The Kier molecular flexibility index (Phi) is 46.5. The molecule has 0 aliphatic rings. The first-order valence-corrected chi connectivity index (χ1v) is 4.38. The van der Waals surface area contributed by atoms with Gasteiger partial charge < -0.3 is 44.0 Å². The molecule has 14 heavy (non-hydrogen) atoms. The quantitative estimate of drug-likeness (QED) is 0.188. The second-order valence-corrected chi connectivity index (χ2v) is 2.68. The molecular weight excluding hydrogens is 618 g/mol. The zero-order valence-corrected chi connectivity index (χ0v) is 21.9. The summed E-state index contributed by atoms with van der Waals surface area (Å²) in [5.41, 5.74) is 0. The average Bonchev–Trinajstić information content (AvgIpc) is 1.12. The fraction of sp³-hybridized carbons (Fsp3) is 0. The van der Waals surface area contributed by atoms with E-state index >= 15 is 0 Å². The summed E-state index contributed by atoms with van der Waals surface area (Å²) in [5.74, 6) is 0. The Hall–Kier alpha value is 4.89. The third kappa shape index (κ3) is 178. The number of hydrogen-bond acceptors (Lipinski definition) is 8. The van der Waals surface area contributed by atoms with Gasteiger partial charge >= 0.3 is 147 Å². The minimum Gasteiger partial charge on any atom is -0.822 e. The SMILES string of the molecule is O.O=P([O-])([O-])[O-].O=P([O-])([O-])[O-].[Ba+2].[Ba+2].[Ba+2]. The molecule has 0 saturated carbocycles. The Bertz CT molecular complexity index is 130. The number of rotatable bonds is 0. The summed E-state index contributed by atoms with van der Waals surface area (Å²) in [7, 11) is -10.8. The summed E-state index contributed by atoms with van der Waals surface area (Å²) in [6.07, 6.45) is 0. The topological polar surface area (TPSA) is 204 Å². The molecule has 0 aliphatic heterocycles. The Labute approximate surface area is 200 Å². The maximum atomic E-state index is 8.55. The molecule has 0 saturated heterocycles. The predicted molar refractivity (Wildman–Crippen MR) is 36.1 cm³/mol. The van der Waals surface area contributed by atoms with Gasteiger partial charge in [-0.2, -0.15) is 15.6 Å². The summed E-state index contributed by atoms with van der Waals surface area (Å²) in [4.78, 5) is 51.3.